The van der Waals surface area contributed by atoms with Crippen LogP contribution in [0.25, 0.3) is 0 Å². The first-order valence-corrected chi connectivity index (χ1v) is 7.62. The number of allylic oxidation sites excluding steroid dienone is 1. The summed E-state index contributed by atoms with van der Waals surface area (Å²) in [6, 6.07) is 0.622. The van der Waals surface area contributed by atoms with Crippen molar-refractivity contribution in [3.63, 3.8) is 0 Å². The molecule has 19 heavy (non-hydrogen) atoms. The third-order valence-electron chi connectivity index (χ3n) is 4.22. The number of rotatable bonds is 7. The Morgan fingerprint density at radius 2 is 2.11 bits per heavy atom. The minimum absolute atomic E-state index is 0.205. The van der Waals surface area contributed by atoms with E-state index in [2.05, 4.69) is 16.4 Å². The lowest BCUT2D eigenvalue weighted by molar-refractivity contribution is 0.0216. The summed E-state index contributed by atoms with van der Waals surface area (Å²) in [6.45, 7) is 10.7. The predicted octanol–water partition coefficient (Wildman–Crippen LogP) is 1.11. The van der Waals surface area contributed by atoms with Gasteiger partial charge in [-0.25, -0.2) is 0 Å². The second kappa shape index (κ2) is 8.00. The molecule has 0 saturated carbocycles. The molecule has 0 aromatic heterocycles. The maximum absolute atomic E-state index is 10.0. The number of β-amino-alcohol motifs (C(OH)–C–C–N with tert-alkyl or cyclic N) is 1. The standard InChI is InChI=1S/C15H28N2O2/c1-2-3-6-15(18)13-17-7-4-5-14(17)12-16-8-10-19-11-9-16/h2,14-15,18H,1,3-13H2. The average molecular weight is 268 g/mol. The molecule has 0 aromatic rings. The minimum Gasteiger partial charge on any atom is -0.392 e. The van der Waals surface area contributed by atoms with Crippen LogP contribution in [0.1, 0.15) is 25.7 Å². The molecule has 0 spiro atoms. The summed E-state index contributed by atoms with van der Waals surface area (Å²) in [5, 5.41) is 10.0. The van der Waals surface area contributed by atoms with Crippen molar-refractivity contribution >= 4 is 0 Å². The zero-order valence-electron chi connectivity index (χ0n) is 12.0. The predicted molar refractivity (Wildman–Crippen MR) is 77.3 cm³/mol. The van der Waals surface area contributed by atoms with Crippen LogP contribution >= 0.6 is 0 Å². The number of nitrogens with zero attached hydrogens (tertiary/aromatic N) is 2. The van der Waals surface area contributed by atoms with Crippen molar-refractivity contribution < 1.29 is 9.84 Å². The Balaban J connectivity index is 1.74. The third kappa shape index (κ3) is 4.88. The molecular formula is C15H28N2O2. The van der Waals surface area contributed by atoms with E-state index in [0.29, 0.717) is 6.04 Å². The van der Waals surface area contributed by atoms with Gasteiger partial charge in [0.05, 0.1) is 19.3 Å². The number of ether oxygens (including phenoxy) is 1. The second-order valence-electron chi connectivity index (χ2n) is 5.72. The van der Waals surface area contributed by atoms with Crippen LogP contribution in [0.2, 0.25) is 0 Å². The first-order valence-electron chi connectivity index (χ1n) is 7.62. The zero-order valence-corrected chi connectivity index (χ0v) is 12.0. The molecule has 2 aliphatic heterocycles. The van der Waals surface area contributed by atoms with E-state index in [1.54, 1.807) is 0 Å². The van der Waals surface area contributed by atoms with Crippen LogP contribution in [0.5, 0.6) is 0 Å². The normalized spacial score (nSPS) is 27.5. The summed E-state index contributed by atoms with van der Waals surface area (Å²) in [4.78, 5) is 4.98. The SMILES string of the molecule is C=CCCC(O)CN1CCCC1CN1CCOCC1. The Labute approximate surface area is 117 Å². The van der Waals surface area contributed by atoms with Crippen LogP contribution < -0.4 is 0 Å². The van der Waals surface area contributed by atoms with E-state index in [1.807, 2.05) is 6.08 Å². The minimum atomic E-state index is -0.205. The van der Waals surface area contributed by atoms with Gasteiger partial charge in [-0.05, 0) is 32.2 Å². The zero-order chi connectivity index (χ0) is 13.5. The third-order valence-corrected chi connectivity index (χ3v) is 4.22. The van der Waals surface area contributed by atoms with Crippen LogP contribution in [0, 0.1) is 0 Å². The Morgan fingerprint density at radius 3 is 2.84 bits per heavy atom. The van der Waals surface area contributed by atoms with Gasteiger partial charge in [0.1, 0.15) is 0 Å². The van der Waals surface area contributed by atoms with Gasteiger partial charge >= 0.3 is 0 Å². The number of hydrogen-bond acceptors (Lipinski definition) is 4. The molecule has 0 aliphatic carbocycles. The number of hydrogen-bond donors (Lipinski definition) is 1. The number of likely N-dealkylation sites (tertiary alicyclic amines) is 1. The molecule has 110 valence electrons. The van der Waals surface area contributed by atoms with Crippen LogP contribution in [0.3, 0.4) is 0 Å². The summed E-state index contributed by atoms with van der Waals surface area (Å²) in [6.07, 6.45) is 5.96. The van der Waals surface area contributed by atoms with Gasteiger partial charge in [0.2, 0.25) is 0 Å². The molecule has 0 aromatic carbocycles. The van der Waals surface area contributed by atoms with Gasteiger partial charge in [0.25, 0.3) is 0 Å². The van der Waals surface area contributed by atoms with Crippen molar-refractivity contribution in [2.24, 2.45) is 0 Å². The van der Waals surface area contributed by atoms with Crippen molar-refractivity contribution in [3.05, 3.63) is 12.7 Å². The van der Waals surface area contributed by atoms with E-state index in [0.717, 1.165) is 58.8 Å². The van der Waals surface area contributed by atoms with E-state index >= 15 is 0 Å². The molecule has 4 heteroatoms. The lowest BCUT2D eigenvalue weighted by Crippen LogP contribution is -2.46. The quantitative estimate of drug-likeness (QED) is 0.702. The van der Waals surface area contributed by atoms with Crippen molar-refractivity contribution in [1.29, 1.82) is 0 Å². The molecule has 2 unspecified atom stereocenters. The molecule has 4 nitrogen and oxygen atoms in total. The lowest BCUT2D eigenvalue weighted by Gasteiger charge is -2.33. The molecule has 0 bridgehead atoms. The highest BCUT2D eigenvalue weighted by Gasteiger charge is 2.28. The van der Waals surface area contributed by atoms with Crippen molar-refractivity contribution in [3.8, 4) is 0 Å². The van der Waals surface area contributed by atoms with Gasteiger partial charge in [-0.3, -0.25) is 9.80 Å². The van der Waals surface area contributed by atoms with Gasteiger partial charge < -0.3 is 9.84 Å². The first kappa shape index (κ1) is 15.0. The van der Waals surface area contributed by atoms with Gasteiger partial charge in [-0.15, -0.1) is 6.58 Å². The number of morpholine rings is 1. The topological polar surface area (TPSA) is 35.9 Å². The van der Waals surface area contributed by atoms with Crippen LogP contribution in [0.4, 0.5) is 0 Å². The van der Waals surface area contributed by atoms with E-state index in [4.69, 9.17) is 4.74 Å². The van der Waals surface area contributed by atoms with Crippen molar-refractivity contribution in [2.45, 2.75) is 37.8 Å². The van der Waals surface area contributed by atoms with Gasteiger partial charge in [0, 0.05) is 32.2 Å². The average Bonchev–Trinajstić information content (AvgIpc) is 2.85. The lowest BCUT2D eigenvalue weighted by atomic mass is 10.1. The Hall–Kier alpha value is -0.420. The molecule has 2 heterocycles. The van der Waals surface area contributed by atoms with Gasteiger partial charge in [-0.2, -0.15) is 0 Å². The summed E-state index contributed by atoms with van der Waals surface area (Å²) in [5.74, 6) is 0. The molecule has 2 fully saturated rings. The van der Waals surface area contributed by atoms with Crippen molar-refractivity contribution in [2.75, 3.05) is 45.9 Å². The fourth-order valence-corrected chi connectivity index (χ4v) is 3.10. The largest absolute Gasteiger partial charge is 0.392 e. The molecule has 2 rings (SSSR count). The van der Waals surface area contributed by atoms with Gasteiger partial charge in [-0.1, -0.05) is 6.08 Å². The van der Waals surface area contributed by atoms with Gasteiger partial charge in [0.15, 0.2) is 0 Å². The summed E-state index contributed by atoms with van der Waals surface area (Å²) >= 11 is 0. The molecule has 2 aliphatic rings. The monoisotopic (exact) mass is 268 g/mol. The first-order chi connectivity index (χ1) is 9.29. The summed E-state index contributed by atoms with van der Waals surface area (Å²) in [7, 11) is 0. The Kier molecular flexibility index (Phi) is 6.31. The highest BCUT2D eigenvalue weighted by Crippen LogP contribution is 2.19. The molecule has 0 radical (unpaired) electrons. The molecule has 2 saturated heterocycles. The molecular weight excluding hydrogens is 240 g/mol. The van der Waals surface area contributed by atoms with E-state index in [9.17, 15) is 5.11 Å². The van der Waals surface area contributed by atoms with Crippen LogP contribution in [0.15, 0.2) is 12.7 Å². The summed E-state index contributed by atoms with van der Waals surface area (Å²) in [5.41, 5.74) is 0. The molecule has 0 amide bonds. The van der Waals surface area contributed by atoms with E-state index in [-0.39, 0.29) is 6.10 Å². The Bertz CT molecular complexity index is 267. The fourth-order valence-electron chi connectivity index (χ4n) is 3.10. The highest BCUT2D eigenvalue weighted by atomic mass is 16.5. The number of aliphatic hydroxyl groups excluding tert-OH is 1. The maximum Gasteiger partial charge on any atom is 0.0670 e. The maximum atomic E-state index is 10.0. The Morgan fingerprint density at radius 1 is 1.32 bits per heavy atom. The highest BCUT2D eigenvalue weighted by molar-refractivity contribution is 4.84. The smallest absolute Gasteiger partial charge is 0.0670 e. The number of aliphatic hydroxyl groups is 1. The van der Waals surface area contributed by atoms with Crippen LogP contribution in [-0.2, 0) is 4.74 Å². The van der Waals surface area contributed by atoms with E-state index in [1.165, 1.54) is 12.8 Å². The second-order valence-corrected chi connectivity index (χ2v) is 5.72. The summed E-state index contributed by atoms with van der Waals surface area (Å²) < 4.78 is 5.40. The van der Waals surface area contributed by atoms with E-state index < -0.39 is 0 Å². The van der Waals surface area contributed by atoms with Crippen molar-refractivity contribution in [1.82, 2.24) is 9.80 Å². The van der Waals surface area contributed by atoms with Crippen LogP contribution in [-0.4, -0.2) is 73.0 Å². The fraction of sp³-hybridized carbons (Fsp3) is 0.867. The molecule has 1 N–H and O–H groups in total. The molecule has 2 atom stereocenters.